The molecule has 1 atom stereocenters. The Morgan fingerprint density at radius 1 is 0.800 bits per heavy atom. The van der Waals surface area contributed by atoms with Gasteiger partial charge in [-0.25, -0.2) is 0 Å². The fourth-order valence-corrected chi connectivity index (χ4v) is 14.1. The summed E-state index contributed by atoms with van der Waals surface area (Å²) in [5.74, 6) is 0. The van der Waals surface area contributed by atoms with Crippen molar-refractivity contribution in [3.63, 3.8) is 0 Å². The Labute approximate surface area is 170 Å². The lowest BCUT2D eigenvalue weighted by molar-refractivity contribution is 0.534. The molecule has 0 N–H and O–H groups in total. The highest BCUT2D eigenvalue weighted by Crippen LogP contribution is 2.67. The average Bonchev–Trinajstić information content (AvgIpc) is 3.19. The molecule has 0 fully saturated rings. The molecule has 0 radical (unpaired) electrons. The minimum atomic E-state index is 0.266. The molecule has 4 aliphatic rings. The minimum absolute atomic E-state index is 0.266. The van der Waals surface area contributed by atoms with E-state index in [0.29, 0.717) is 8.55 Å². The Bertz CT molecular complexity index is 791. The zero-order chi connectivity index (χ0) is 18.0. The van der Waals surface area contributed by atoms with Crippen molar-refractivity contribution < 1.29 is 0 Å². The molecule has 4 rings (SSSR count). The van der Waals surface area contributed by atoms with Gasteiger partial charge >= 0.3 is 0 Å². The first-order valence-electron chi connectivity index (χ1n) is 8.88. The Kier molecular flexibility index (Phi) is 4.98. The van der Waals surface area contributed by atoms with Crippen LogP contribution in [-0.2, 0) is 0 Å². The molecule has 3 aliphatic heterocycles. The van der Waals surface area contributed by atoms with Crippen LogP contribution >= 0.6 is 51.7 Å². The topological polar surface area (TPSA) is 0 Å². The number of hydrogen-bond acceptors (Lipinski definition) is 4. The molecule has 0 aromatic carbocycles. The van der Waals surface area contributed by atoms with Crippen LogP contribution in [0.4, 0.5) is 0 Å². The lowest BCUT2D eigenvalue weighted by Gasteiger charge is -2.23. The van der Waals surface area contributed by atoms with Crippen molar-refractivity contribution >= 4 is 56.6 Å². The van der Waals surface area contributed by atoms with Gasteiger partial charge in [-0.2, -0.15) is 0 Å². The average molecular weight is 427 g/mol. The summed E-state index contributed by atoms with van der Waals surface area (Å²) in [5.41, 5.74) is 3.87. The van der Waals surface area contributed by atoms with Crippen LogP contribution in [0.5, 0.6) is 0 Å². The van der Waals surface area contributed by atoms with Crippen LogP contribution in [0.25, 0.3) is 0 Å². The summed E-state index contributed by atoms with van der Waals surface area (Å²) in [7, 11) is 8.56. The van der Waals surface area contributed by atoms with E-state index in [-0.39, 0.29) is 10.8 Å². The van der Waals surface area contributed by atoms with Crippen LogP contribution in [0.2, 0.25) is 0 Å². The molecule has 1 aliphatic carbocycles. The lowest BCUT2D eigenvalue weighted by atomic mass is 9.90. The second-order valence-corrected chi connectivity index (χ2v) is 16.9. The zero-order valence-electron chi connectivity index (χ0n) is 15.8. The first-order valence-corrected chi connectivity index (χ1v) is 14.9. The van der Waals surface area contributed by atoms with E-state index >= 15 is 0 Å². The molecule has 3 heterocycles. The fraction of sp³-hybridized carbons (Fsp3) is 0.550. The number of rotatable bonds is 0. The molecule has 0 saturated carbocycles. The number of allylic oxidation sites excluding steroid dienone is 6. The molecule has 136 valence electrons. The Morgan fingerprint density at radius 3 is 2.12 bits per heavy atom. The highest BCUT2D eigenvalue weighted by atomic mass is 33.5. The summed E-state index contributed by atoms with van der Waals surface area (Å²) >= 11 is 0. The molecule has 0 aromatic heterocycles. The maximum Gasteiger partial charge on any atom is 0.0273 e. The molecule has 0 spiro atoms. The van der Waals surface area contributed by atoms with Crippen LogP contribution in [-0.4, -0.2) is 4.86 Å². The van der Waals surface area contributed by atoms with E-state index in [1.54, 1.807) is 25.8 Å². The SMILES string of the molecule is CC(C)(C)C1=C/C(=C2\CCCC3=C2SS2=C3C=C(C(C)(C)C)S2)SS1. The molecule has 25 heavy (non-hydrogen) atoms. The van der Waals surface area contributed by atoms with E-state index in [1.807, 2.05) is 21.6 Å². The molecule has 1 unspecified atom stereocenters. The van der Waals surface area contributed by atoms with Gasteiger partial charge in [0, 0.05) is 24.5 Å². The van der Waals surface area contributed by atoms with E-state index in [2.05, 4.69) is 75.3 Å². The van der Waals surface area contributed by atoms with Crippen molar-refractivity contribution in [3.8, 4) is 0 Å². The summed E-state index contributed by atoms with van der Waals surface area (Å²) in [6.45, 7) is 14.0. The van der Waals surface area contributed by atoms with Gasteiger partial charge in [-0.05, 0) is 53.4 Å². The van der Waals surface area contributed by atoms with E-state index in [4.69, 9.17) is 0 Å². The Morgan fingerprint density at radius 2 is 1.48 bits per heavy atom. The molecule has 0 bridgehead atoms. The first-order chi connectivity index (χ1) is 11.6. The third-order valence-electron chi connectivity index (χ3n) is 4.72. The highest BCUT2D eigenvalue weighted by molar-refractivity contribution is 9.17. The smallest absolute Gasteiger partial charge is 0.0273 e. The molecule has 0 saturated heterocycles. The Balaban J connectivity index is 1.70. The van der Waals surface area contributed by atoms with Crippen molar-refractivity contribution in [1.82, 2.24) is 0 Å². The van der Waals surface area contributed by atoms with Gasteiger partial charge in [0.1, 0.15) is 0 Å². The van der Waals surface area contributed by atoms with Crippen molar-refractivity contribution in [2.75, 3.05) is 0 Å². The molecule has 0 aromatic rings. The van der Waals surface area contributed by atoms with Gasteiger partial charge in [-0.15, -0.1) is 0 Å². The quantitative estimate of drug-likeness (QED) is 0.280. The number of fused-ring (bicyclic) bond motifs is 1. The Hall–Kier alpha value is 0.580. The van der Waals surface area contributed by atoms with Gasteiger partial charge in [0.2, 0.25) is 0 Å². The maximum absolute atomic E-state index is 2.53. The van der Waals surface area contributed by atoms with E-state index < -0.39 is 0 Å². The molecule has 0 amide bonds. The van der Waals surface area contributed by atoms with Crippen LogP contribution in [0, 0.1) is 10.8 Å². The van der Waals surface area contributed by atoms with Gasteiger partial charge in [0.25, 0.3) is 0 Å². The van der Waals surface area contributed by atoms with Crippen molar-refractivity contribution in [1.29, 1.82) is 0 Å². The molecular weight excluding hydrogens is 401 g/mol. The summed E-state index contributed by atoms with van der Waals surface area (Å²) in [5, 5.41) is 0. The van der Waals surface area contributed by atoms with Gasteiger partial charge in [0.05, 0.1) is 0 Å². The second kappa shape index (κ2) is 6.58. The molecule has 5 heteroatoms. The first kappa shape index (κ1) is 18.9. The molecular formula is C20H26S5. The van der Waals surface area contributed by atoms with Crippen molar-refractivity contribution in [2.45, 2.75) is 60.8 Å². The van der Waals surface area contributed by atoms with E-state index in [1.165, 1.54) is 29.1 Å². The zero-order valence-corrected chi connectivity index (χ0v) is 19.9. The van der Waals surface area contributed by atoms with E-state index in [0.717, 1.165) is 0 Å². The minimum Gasteiger partial charge on any atom is -0.0564 e. The maximum atomic E-state index is 2.53. The predicted octanol–water partition coefficient (Wildman–Crippen LogP) is 8.70. The fourth-order valence-electron chi connectivity index (χ4n) is 3.14. The van der Waals surface area contributed by atoms with Crippen LogP contribution < -0.4 is 0 Å². The normalized spacial score (nSPS) is 29.8. The molecule has 0 nitrogen and oxygen atoms in total. The van der Waals surface area contributed by atoms with E-state index in [9.17, 15) is 0 Å². The van der Waals surface area contributed by atoms with Gasteiger partial charge in [0.15, 0.2) is 0 Å². The summed E-state index contributed by atoms with van der Waals surface area (Å²) in [4.78, 5) is 7.92. The summed E-state index contributed by atoms with van der Waals surface area (Å²) < 4.78 is 0. The van der Waals surface area contributed by atoms with Gasteiger partial charge in [-0.1, -0.05) is 93.3 Å². The van der Waals surface area contributed by atoms with Crippen molar-refractivity contribution in [3.05, 3.63) is 42.9 Å². The van der Waals surface area contributed by atoms with Gasteiger partial charge in [-0.3, -0.25) is 0 Å². The number of hydrogen-bond donors (Lipinski definition) is 0. The summed E-state index contributed by atoms with van der Waals surface area (Å²) in [6, 6.07) is 0. The highest BCUT2D eigenvalue weighted by Gasteiger charge is 2.36. The van der Waals surface area contributed by atoms with Crippen LogP contribution in [0.1, 0.15) is 60.8 Å². The predicted molar refractivity (Wildman–Crippen MR) is 126 cm³/mol. The van der Waals surface area contributed by atoms with Crippen molar-refractivity contribution in [2.24, 2.45) is 10.8 Å². The monoisotopic (exact) mass is 426 g/mol. The second-order valence-electron chi connectivity index (χ2n) is 8.95. The lowest BCUT2D eigenvalue weighted by Crippen LogP contribution is -2.08. The largest absolute Gasteiger partial charge is 0.0564 e. The third-order valence-corrected chi connectivity index (χ3v) is 14.4. The standard InChI is InChI=1S/C20H26S5/c1-19(2,3)16-10-14(21-22-16)12-8-7-9-13-15-11-17(20(4,5)6)23-25(15)24-18(12)13/h10-11H,7-9H2,1-6H3/b14-12-. The summed E-state index contributed by atoms with van der Waals surface area (Å²) in [6.07, 6.45) is 8.86. The van der Waals surface area contributed by atoms with Gasteiger partial charge < -0.3 is 0 Å². The van der Waals surface area contributed by atoms with Crippen LogP contribution in [0.3, 0.4) is 0 Å². The van der Waals surface area contributed by atoms with Crippen LogP contribution in [0.15, 0.2) is 42.9 Å². The third kappa shape index (κ3) is 3.53.